The van der Waals surface area contributed by atoms with Crippen LogP contribution in [0.4, 0.5) is 5.69 Å². The van der Waals surface area contributed by atoms with E-state index < -0.39 is 26.0 Å². The van der Waals surface area contributed by atoms with Crippen LogP contribution in [0.3, 0.4) is 0 Å². The summed E-state index contributed by atoms with van der Waals surface area (Å²) in [5, 5.41) is 2.63. The minimum atomic E-state index is -3.79. The van der Waals surface area contributed by atoms with Gasteiger partial charge in [0.05, 0.1) is 9.92 Å². The number of nitrogens with one attached hydrogen (secondary N) is 1. The van der Waals surface area contributed by atoms with E-state index in [1.165, 1.54) is 60.9 Å². The lowest BCUT2D eigenvalue weighted by Gasteiger charge is -2.18. The third-order valence-corrected chi connectivity index (χ3v) is 8.77. The molecular formula is C19H24ClN3O5S2. The van der Waals surface area contributed by atoms with E-state index in [1.807, 2.05) is 0 Å². The molecule has 0 saturated carbocycles. The zero-order valence-electron chi connectivity index (χ0n) is 17.1. The topological polar surface area (TPSA) is 104 Å². The van der Waals surface area contributed by atoms with Gasteiger partial charge in [-0.1, -0.05) is 25.4 Å². The number of halogens is 1. The van der Waals surface area contributed by atoms with Crippen molar-refractivity contribution in [1.82, 2.24) is 8.61 Å². The van der Waals surface area contributed by atoms with Crippen molar-refractivity contribution in [1.29, 1.82) is 0 Å². The Bertz CT molecular complexity index is 1130. The van der Waals surface area contributed by atoms with E-state index in [1.54, 1.807) is 13.8 Å². The molecule has 1 amide bonds. The lowest BCUT2D eigenvalue weighted by molar-refractivity contribution is 0.102. The molecule has 1 N–H and O–H groups in total. The predicted molar refractivity (Wildman–Crippen MR) is 117 cm³/mol. The van der Waals surface area contributed by atoms with Gasteiger partial charge < -0.3 is 5.32 Å². The number of sulfonamides is 2. The van der Waals surface area contributed by atoms with Crippen LogP contribution in [0, 0.1) is 0 Å². The first-order valence-corrected chi connectivity index (χ1v) is 12.3. The molecule has 164 valence electrons. The fraction of sp³-hybridized carbons (Fsp3) is 0.316. The Balaban J connectivity index is 2.28. The Kier molecular flexibility index (Phi) is 7.64. The Labute approximate surface area is 182 Å². The van der Waals surface area contributed by atoms with E-state index in [4.69, 9.17) is 11.6 Å². The summed E-state index contributed by atoms with van der Waals surface area (Å²) in [5.41, 5.74) is 0.463. The summed E-state index contributed by atoms with van der Waals surface area (Å²) in [4.78, 5) is 12.5. The van der Waals surface area contributed by atoms with Crippen molar-refractivity contribution in [3.8, 4) is 0 Å². The fourth-order valence-corrected chi connectivity index (χ4v) is 5.52. The number of rotatable bonds is 8. The molecule has 0 aliphatic heterocycles. The van der Waals surface area contributed by atoms with Crippen LogP contribution in [-0.2, 0) is 20.0 Å². The molecule has 0 atom stereocenters. The molecule has 0 aromatic heterocycles. The first kappa shape index (κ1) is 24.3. The average molecular weight is 474 g/mol. The van der Waals surface area contributed by atoms with Gasteiger partial charge in [-0.2, -0.15) is 4.31 Å². The van der Waals surface area contributed by atoms with Gasteiger partial charge in [0.25, 0.3) is 5.91 Å². The van der Waals surface area contributed by atoms with Gasteiger partial charge in [-0.25, -0.2) is 21.1 Å². The number of hydrogen-bond acceptors (Lipinski definition) is 5. The molecule has 0 saturated heterocycles. The van der Waals surface area contributed by atoms with Crippen molar-refractivity contribution in [2.24, 2.45) is 0 Å². The van der Waals surface area contributed by atoms with Crippen LogP contribution in [0.5, 0.6) is 0 Å². The van der Waals surface area contributed by atoms with Crippen molar-refractivity contribution in [3.05, 3.63) is 53.1 Å². The summed E-state index contributed by atoms with van der Waals surface area (Å²) in [7, 11) is -4.65. The Hall–Kier alpha value is -1.98. The molecule has 0 aliphatic rings. The van der Waals surface area contributed by atoms with Crippen LogP contribution >= 0.6 is 11.6 Å². The molecule has 2 rings (SSSR count). The van der Waals surface area contributed by atoms with Gasteiger partial charge >= 0.3 is 0 Å². The highest BCUT2D eigenvalue weighted by molar-refractivity contribution is 7.89. The molecule has 0 unspecified atom stereocenters. The van der Waals surface area contributed by atoms with E-state index in [9.17, 15) is 21.6 Å². The zero-order valence-corrected chi connectivity index (χ0v) is 19.5. The molecule has 0 fully saturated rings. The lowest BCUT2D eigenvalue weighted by Crippen LogP contribution is -2.30. The molecule has 2 aromatic rings. The Morgan fingerprint density at radius 1 is 0.933 bits per heavy atom. The number of carbonyl (C=O) groups is 1. The maximum absolute atomic E-state index is 12.5. The van der Waals surface area contributed by atoms with Crippen molar-refractivity contribution in [2.45, 2.75) is 23.6 Å². The number of amides is 1. The lowest BCUT2D eigenvalue weighted by atomic mass is 10.2. The average Bonchev–Trinajstić information content (AvgIpc) is 2.70. The second-order valence-corrected chi connectivity index (χ2v) is 11.0. The third-order valence-electron chi connectivity index (χ3n) is 4.41. The molecule has 0 bridgehead atoms. The van der Waals surface area contributed by atoms with Gasteiger partial charge in [0.15, 0.2) is 0 Å². The van der Waals surface area contributed by atoms with E-state index in [-0.39, 0.29) is 26.1 Å². The molecule has 0 heterocycles. The molecule has 2 aromatic carbocycles. The first-order valence-electron chi connectivity index (χ1n) is 9.08. The van der Waals surface area contributed by atoms with Crippen LogP contribution < -0.4 is 5.32 Å². The minimum Gasteiger partial charge on any atom is -0.322 e. The summed E-state index contributed by atoms with van der Waals surface area (Å²) in [6.07, 6.45) is 0. The van der Waals surface area contributed by atoms with Crippen molar-refractivity contribution >= 4 is 43.2 Å². The Morgan fingerprint density at radius 3 is 2.00 bits per heavy atom. The van der Waals surface area contributed by atoms with E-state index in [2.05, 4.69) is 5.32 Å². The molecule has 8 nitrogen and oxygen atoms in total. The first-order chi connectivity index (χ1) is 13.9. The van der Waals surface area contributed by atoms with Gasteiger partial charge in [-0.05, 0) is 42.5 Å². The molecule has 0 radical (unpaired) electrons. The monoisotopic (exact) mass is 473 g/mol. The number of carbonyl (C=O) groups excluding carboxylic acids is 1. The standard InChI is InChI=1S/C19H24ClN3O5S2/c1-5-23(6-2)29(25,26)16-10-7-14(8-11-16)19(24)21-15-9-12-17(20)18(13-15)30(27,28)22(3)4/h7-13H,5-6H2,1-4H3,(H,21,24). The van der Waals surface area contributed by atoms with Crippen molar-refractivity contribution < 1.29 is 21.6 Å². The third kappa shape index (κ3) is 5.01. The van der Waals surface area contributed by atoms with Crippen LogP contribution in [0.15, 0.2) is 52.3 Å². The Morgan fingerprint density at radius 2 is 1.50 bits per heavy atom. The highest BCUT2D eigenvalue weighted by atomic mass is 35.5. The van der Waals surface area contributed by atoms with Crippen LogP contribution in [0.25, 0.3) is 0 Å². The fourth-order valence-electron chi connectivity index (χ4n) is 2.67. The van der Waals surface area contributed by atoms with E-state index in [0.717, 1.165) is 4.31 Å². The summed E-state index contributed by atoms with van der Waals surface area (Å²) >= 11 is 6.01. The SMILES string of the molecule is CCN(CC)S(=O)(=O)c1ccc(C(=O)Nc2ccc(Cl)c(S(=O)(=O)N(C)C)c2)cc1. The number of hydrogen-bond donors (Lipinski definition) is 1. The maximum atomic E-state index is 12.5. The molecular weight excluding hydrogens is 450 g/mol. The van der Waals surface area contributed by atoms with Gasteiger partial charge in [0.1, 0.15) is 4.90 Å². The van der Waals surface area contributed by atoms with Gasteiger partial charge in [-0.3, -0.25) is 4.79 Å². The quantitative estimate of drug-likeness (QED) is 0.634. The van der Waals surface area contributed by atoms with Crippen LogP contribution in [-0.4, -0.2) is 58.5 Å². The van der Waals surface area contributed by atoms with E-state index >= 15 is 0 Å². The van der Waals surface area contributed by atoms with Gasteiger partial charge in [-0.15, -0.1) is 0 Å². The van der Waals surface area contributed by atoms with E-state index in [0.29, 0.717) is 13.1 Å². The summed E-state index contributed by atoms with van der Waals surface area (Å²) in [5.74, 6) is -0.516. The maximum Gasteiger partial charge on any atom is 0.255 e. The summed E-state index contributed by atoms with van der Waals surface area (Å²) in [6, 6.07) is 9.67. The summed E-state index contributed by atoms with van der Waals surface area (Å²) in [6.45, 7) is 4.19. The largest absolute Gasteiger partial charge is 0.322 e. The second-order valence-electron chi connectivity index (χ2n) is 6.50. The molecule has 11 heteroatoms. The number of anilines is 1. The van der Waals surface area contributed by atoms with Gasteiger partial charge in [0, 0.05) is 38.4 Å². The molecule has 30 heavy (non-hydrogen) atoms. The molecule has 0 aliphatic carbocycles. The van der Waals surface area contributed by atoms with Crippen molar-refractivity contribution in [3.63, 3.8) is 0 Å². The van der Waals surface area contributed by atoms with Crippen molar-refractivity contribution in [2.75, 3.05) is 32.5 Å². The smallest absolute Gasteiger partial charge is 0.255 e. The second kappa shape index (κ2) is 9.44. The predicted octanol–water partition coefficient (Wildman–Crippen LogP) is 2.87. The van der Waals surface area contributed by atoms with Crippen LogP contribution in [0.2, 0.25) is 5.02 Å². The normalized spacial score (nSPS) is 12.4. The minimum absolute atomic E-state index is 0.0349. The summed E-state index contributed by atoms with van der Waals surface area (Å²) < 4.78 is 52.1. The van der Waals surface area contributed by atoms with Gasteiger partial charge in [0.2, 0.25) is 20.0 Å². The number of nitrogens with zero attached hydrogens (tertiary/aromatic N) is 2. The zero-order chi connectivity index (χ0) is 22.7. The number of benzene rings is 2. The highest BCUT2D eigenvalue weighted by Gasteiger charge is 2.23. The molecule has 0 spiro atoms. The highest BCUT2D eigenvalue weighted by Crippen LogP contribution is 2.27. The van der Waals surface area contributed by atoms with Crippen LogP contribution in [0.1, 0.15) is 24.2 Å².